The number of nitrogens with zero attached hydrogens (tertiary/aromatic N) is 2. The fourth-order valence-corrected chi connectivity index (χ4v) is 3.17. The van der Waals surface area contributed by atoms with Crippen LogP contribution in [0.1, 0.15) is 5.56 Å². The van der Waals surface area contributed by atoms with Crippen molar-refractivity contribution >= 4 is 5.69 Å². The van der Waals surface area contributed by atoms with Crippen LogP contribution < -0.4 is 5.32 Å². The van der Waals surface area contributed by atoms with Gasteiger partial charge in [0.15, 0.2) is 0 Å². The highest BCUT2D eigenvalue weighted by Crippen LogP contribution is 2.28. The van der Waals surface area contributed by atoms with Crippen LogP contribution in [0.5, 0.6) is 0 Å². The molecule has 2 aliphatic heterocycles. The summed E-state index contributed by atoms with van der Waals surface area (Å²) in [5.74, 6) is 0.803. The minimum absolute atomic E-state index is 0.170. The SMILES string of the molecule is O=[N+]([O-])c1cc(F)cc(CN2CC3CNCC3C2)c1. The second-order valence-electron chi connectivity index (χ2n) is 5.45. The van der Waals surface area contributed by atoms with Gasteiger partial charge in [-0.05, 0) is 36.6 Å². The molecular weight excluding hydrogens is 249 g/mol. The van der Waals surface area contributed by atoms with Crippen LogP contribution in [0, 0.1) is 27.8 Å². The molecule has 19 heavy (non-hydrogen) atoms. The van der Waals surface area contributed by atoms with Gasteiger partial charge < -0.3 is 5.32 Å². The second kappa shape index (κ2) is 4.86. The van der Waals surface area contributed by atoms with E-state index in [2.05, 4.69) is 10.2 Å². The molecule has 2 aliphatic rings. The molecule has 5 nitrogen and oxygen atoms in total. The Hall–Kier alpha value is -1.53. The maximum atomic E-state index is 13.4. The molecule has 0 saturated carbocycles. The fourth-order valence-electron chi connectivity index (χ4n) is 3.17. The Labute approximate surface area is 110 Å². The predicted molar refractivity (Wildman–Crippen MR) is 68.2 cm³/mol. The van der Waals surface area contributed by atoms with Crippen molar-refractivity contribution in [1.29, 1.82) is 0 Å². The quantitative estimate of drug-likeness (QED) is 0.662. The summed E-state index contributed by atoms with van der Waals surface area (Å²) in [5.41, 5.74) is 0.510. The van der Waals surface area contributed by atoms with Crippen molar-refractivity contribution in [3.05, 3.63) is 39.7 Å². The number of rotatable bonds is 3. The second-order valence-corrected chi connectivity index (χ2v) is 5.45. The van der Waals surface area contributed by atoms with Crippen molar-refractivity contribution in [2.75, 3.05) is 26.2 Å². The van der Waals surface area contributed by atoms with Crippen LogP contribution in [0.15, 0.2) is 18.2 Å². The smallest absolute Gasteiger partial charge is 0.272 e. The Bertz CT molecular complexity index is 497. The molecule has 1 aromatic rings. The molecule has 0 amide bonds. The van der Waals surface area contributed by atoms with Crippen LogP contribution in [-0.4, -0.2) is 36.0 Å². The highest BCUT2D eigenvalue weighted by Gasteiger charge is 2.35. The van der Waals surface area contributed by atoms with Gasteiger partial charge in [0, 0.05) is 25.7 Å². The lowest BCUT2D eigenvalue weighted by atomic mass is 10.0. The molecule has 102 valence electrons. The number of benzene rings is 1. The van der Waals surface area contributed by atoms with Crippen LogP contribution in [0.4, 0.5) is 10.1 Å². The van der Waals surface area contributed by atoms with Crippen molar-refractivity contribution in [3.8, 4) is 0 Å². The average molecular weight is 265 g/mol. The zero-order chi connectivity index (χ0) is 13.4. The molecule has 1 aromatic carbocycles. The van der Waals surface area contributed by atoms with Crippen LogP contribution in [0.25, 0.3) is 0 Å². The number of hydrogen-bond acceptors (Lipinski definition) is 4. The van der Waals surface area contributed by atoms with Crippen molar-refractivity contribution in [3.63, 3.8) is 0 Å². The first-order chi connectivity index (χ1) is 9.11. The van der Waals surface area contributed by atoms with Gasteiger partial charge in [0.05, 0.1) is 11.0 Å². The monoisotopic (exact) mass is 265 g/mol. The van der Waals surface area contributed by atoms with Gasteiger partial charge in [0.25, 0.3) is 5.69 Å². The molecule has 2 saturated heterocycles. The highest BCUT2D eigenvalue weighted by molar-refractivity contribution is 5.35. The number of likely N-dealkylation sites (tertiary alicyclic amines) is 1. The largest absolute Gasteiger partial charge is 0.316 e. The maximum absolute atomic E-state index is 13.4. The van der Waals surface area contributed by atoms with Crippen molar-refractivity contribution in [2.24, 2.45) is 11.8 Å². The summed E-state index contributed by atoms with van der Waals surface area (Å²) in [6.07, 6.45) is 0. The van der Waals surface area contributed by atoms with E-state index >= 15 is 0 Å². The molecule has 0 aliphatic carbocycles. The van der Waals surface area contributed by atoms with Gasteiger partial charge >= 0.3 is 0 Å². The molecule has 2 heterocycles. The summed E-state index contributed by atoms with van der Waals surface area (Å²) in [4.78, 5) is 12.4. The van der Waals surface area contributed by atoms with E-state index in [1.807, 2.05) is 0 Å². The van der Waals surface area contributed by atoms with Crippen LogP contribution in [0.2, 0.25) is 0 Å². The van der Waals surface area contributed by atoms with E-state index in [0.717, 1.165) is 32.2 Å². The van der Waals surface area contributed by atoms with E-state index in [0.29, 0.717) is 23.9 Å². The van der Waals surface area contributed by atoms with Crippen LogP contribution in [0.3, 0.4) is 0 Å². The van der Waals surface area contributed by atoms with Gasteiger partial charge in [-0.3, -0.25) is 15.0 Å². The molecule has 6 heteroatoms. The Morgan fingerprint density at radius 3 is 2.63 bits per heavy atom. The molecule has 0 spiro atoms. The van der Waals surface area contributed by atoms with E-state index in [1.165, 1.54) is 12.1 Å². The van der Waals surface area contributed by atoms with Gasteiger partial charge in [-0.15, -0.1) is 0 Å². The average Bonchev–Trinajstić information content (AvgIpc) is 2.88. The zero-order valence-corrected chi connectivity index (χ0v) is 10.5. The number of nitrogens with one attached hydrogen (secondary N) is 1. The van der Waals surface area contributed by atoms with Crippen LogP contribution >= 0.6 is 0 Å². The van der Waals surface area contributed by atoms with Gasteiger partial charge in [0.1, 0.15) is 5.82 Å². The zero-order valence-electron chi connectivity index (χ0n) is 10.5. The molecule has 0 aromatic heterocycles. The third kappa shape index (κ3) is 2.59. The number of fused-ring (bicyclic) bond motifs is 1. The first-order valence-corrected chi connectivity index (χ1v) is 6.49. The van der Waals surface area contributed by atoms with Crippen LogP contribution in [-0.2, 0) is 6.54 Å². The van der Waals surface area contributed by atoms with Crippen molar-refractivity contribution in [2.45, 2.75) is 6.54 Å². The fraction of sp³-hybridized carbons (Fsp3) is 0.538. The normalized spacial score (nSPS) is 26.6. The highest BCUT2D eigenvalue weighted by atomic mass is 19.1. The minimum Gasteiger partial charge on any atom is -0.316 e. The summed E-state index contributed by atoms with van der Waals surface area (Å²) < 4.78 is 13.4. The van der Waals surface area contributed by atoms with Crippen molar-refractivity contribution < 1.29 is 9.31 Å². The van der Waals surface area contributed by atoms with E-state index in [1.54, 1.807) is 0 Å². The van der Waals surface area contributed by atoms with Gasteiger partial charge in [-0.25, -0.2) is 4.39 Å². The van der Waals surface area contributed by atoms with Gasteiger partial charge in [-0.2, -0.15) is 0 Å². The number of non-ortho nitro benzene ring substituents is 1. The van der Waals surface area contributed by atoms with Gasteiger partial charge in [-0.1, -0.05) is 0 Å². The maximum Gasteiger partial charge on any atom is 0.272 e. The lowest BCUT2D eigenvalue weighted by Crippen LogP contribution is -2.25. The number of nitro groups is 1. The number of hydrogen-bond donors (Lipinski definition) is 1. The minimum atomic E-state index is -0.546. The predicted octanol–water partition coefficient (Wildman–Crippen LogP) is 1.39. The molecule has 0 bridgehead atoms. The summed E-state index contributed by atoms with van der Waals surface area (Å²) in [5, 5.41) is 14.1. The van der Waals surface area contributed by atoms with E-state index < -0.39 is 10.7 Å². The van der Waals surface area contributed by atoms with Gasteiger partial charge in [0.2, 0.25) is 0 Å². The lowest BCUT2D eigenvalue weighted by Gasteiger charge is -2.16. The molecular formula is C13H16FN3O2. The summed E-state index contributed by atoms with van der Waals surface area (Å²) in [6, 6.07) is 3.82. The Morgan fingerprint density at radius 2 is 2.00 bits per heavy atom. The molecule has 0 radical (unpaired) electrons. The Balaban J connectivity index is 1.71. The molecule has 2 fully saturated rings. The summed E-state index contributed by atoms with van der Waals surface area (Å²) >= 11 is 0. The summed E-state index contributed by atoms with van der Waals surface area (Å²) in [6.45, 7) is 4.66. The third-order valence-corrected chi connectivity index (χ3v) is 4.02. The molecule has 3 rings (SSSR count). The van der Waals surface area contributed by atoms with E-state index in [9.17, 15) is 14.5 Å². The molecule has 1 N–H and O–H groups in total. The first-order valence-electron chi connectivity index (χ1n) is 6.49. The summed E-state index contributed by atoms with van der Waals surface area (Å²) in [7, 11) is 0. The Kier molecular flexibility index (Phi) is 3.20. The topological polar surface area (TPSA) is 58.4 Å². The lowest BCUT2D eigenvalue weighted by molar-refractivity contribution is -0.385. The van der Waals surface area contributed by atoms with Crippen molar-refractivity contribution in [1.82, 2.24) is 10.2 Å². The molecule has 2 unspecified atom stereocenters. The third-order valence-electron chi connectivity index (χ3n) is 4.02. The van der Waals surface area contributed by atoms with E-state index in [4.69, 9.17) is 0 Å². The number of halogens is 1. The first kappa shape index (κ1) is 12.5. The Morgan fingerprint density at radius 1 is 1.32 bits per heavy atom. The molecule has 2 atom stereocenters. The van der Waals surface area contributed by atoms with E-state index in [-0.39, 0.29) is 5.69 Å². The number of nitro benzene ring substituents is 1. The standard InChI is InChI=1S/C13H16FN3O2/c14-12-1-9(2-13(3-12)17(18)19)6-16-7-10-4-15-5-11(10)8-16/h1-3,10-11,15H,4-8H2.